The number of anilines is 1. The van der Waals surface area contributed by atoms with E-state index in [0.717, 1.165) is 23.2 Å². The lowest BCUT2D eigenvalue weighted by molar-refractivity contribution is -0.132. The minimum atomic E-state index is -0.179. The molecule has 0 saturated carbocycles. The van der Waals surface area contributed by atoms with E-state index in [1.54, 1.807) is 36.0 Å². The van der Waals surface area contributed by atoms with Crippen molar-refractivity contribution in [1.29, 1.82) is 0 Å². The molecule has 4 rings (SSSR count). The summed E-state index contributed by atoms with van der Waals surface area (Å²) in [7, 11) is 4.80. The highest BCUT2D eigenvalue weighted by molar-refractivity contribution is 5.97. The predicted molar refractivity (Wildman–Crippen MR) is 116 cm³/mol. The number of amides is 3. The van der Waals surface area contributed by atoms with Gasteiger partial charge >= 0.3 is 6.03 Å². The average Bonchev–Trinajstić information content (AvgIpc) is 3.17. The maximum absolute atomic E-state index is 13.0. The molecular formula is C23H27N3O5. The highest BCUT2D eigenvalue weighted by Gasteiger charge is 2.34. The Labute approximate surface area is 181 Å². The summed E-state index contributed by atoms with van der Waals surface area (Å²) in [5.41, 5.74) is 2.92. The van der Waals surface area contributed by atoms with E-state index in [2.05, 4.69) is 0 Å². The summed E-state index contributed by atoms with van der Waals surface area (Å²) in [4.78, 5) is 31.0. The molecule has 1 saturated heterocycles. The van der Waals surface area contributed by atoms with Gasteiger partial charge in [-0.2, -0.15) is 0 Å². The first-order valence-corrected chi connectivity index (χ1v) is 10.3. The van der Waals surface area contributed by atoms with Crippen LogP contribution in [0.3, 0.4) is 0 Å². The maximum Gasteiger partial charge on any atom is 0.325 e. The first-order chi connectivity index (χ1) is 15.0. The molecule has 2 aliphatic heterocycles. The first-order valence-electron chi connectivity index (χ1n) is 10.3. The molecule has 3 amide bonds. The van der Waals surface area contributed by atoms with Crippen molar-refractivity contribution >= 4 is 17.6 Å². The van der Waals surface area contributed by atoms with Crippen molar-refractivity contribution in [2.24, 2.45) is 0 Å². The van der Waals surface area contributed by atoms with E-state index in [-0.39, 0.29) is 18.5 Å². The lowest BCUT2D eigenvalue weighted by atomic mass is 9.98. The molecule has 0 unspecified atom stereocenters. The fourth-order valence-electron chi connectivity index (χ4n) is 4.16. The minimum Gasteiger partial charge on any atom is -0.495 e. The number of nitrogens with zero attached hydrogens (tertiary/aromatic N) is 3. The van der Waals surface area contributed by atoms with Crippen LogP contribution in [0.1, 0.15) is 11.1 Å². The zero-order valence-electron chi connectivity index (χ0n) is 18.1. The van der Waals surface area contributed by atoms with Gasteiger partial charge < -0.3 is 24.0 Å². The van der Waals surface area contributed by atoms with Gasteiger partial charge in [-0.1, -0.05) is 12.1 Å². The predicted octanol–water partition coefficient (Wildman–Crippen LogP) is 2.54. The van der Waals surface area contributed by atoms with Gasteiger partial charge in [0.1, 0.15) is 12.3 Å². The van der Waals surface area contributed by atoms with Gasteiger partial charge in [0, 0.05) is 26.2 Å². The Hall–Kier alpha value is -3.42. The van der Waals surface area contributed by atoms with E-state index >= 15 is 0 Å². The summed E-state index contributed by atoms with van der Waals surface area (Å²) < 4.78 is 16.2. The first kappa shape index (κ1) is 20.8. The molecule has 1 fully saturated rings. The number of para-hydroxylation sites is 2. The number of urea groups is 1. The standard InChI is InChI=1S/C23H27N3O5/c1-29-19-7-5-4-6-18(19)26-11-10-25(23(26)28)15-22(27)24-9-8-16-12-20(30-2)21(31-3)13-17(16)14-24/h4-7,12-13H,8-11,14-15H2,1-3H3. The van der Waals surface area contributed by atoms with E-state index in [4.69, 9.17) is 14.2 Å². The third-order valence-electron chi connectivity index (χ3n) is 5.87. The Morgan fingerprint density at radius 3 is 2.29 bits per heavy atom. The molecule has 0 aromatic heterocycles. The van der Waals surface area contributed by atoms with Crippen LogP contribution in [0.5, 0.6) is 17.2 Å². The van der Waals surface area contributed by atoms with Gasteiger partial charge in [-0.3, -0.25) is 9.69 Å². The second kappa shape index (κ2) is 8.75. The van der Waals surface area contributed by atoms with E-state index < -0.39 is 0 Å². The van der Waals surface area contributed by atoms with Crippen LogP contribution in [-0.4, -0.2) is 69.2 Å². The number of hydrogen-bond donors (Lipinski definition) is 0. The molecule has 8 nitrogen and oxygen atoms in total. The average molecular weight is 425 g/mol. The molecule has 0 aliphatic carbocycles. The molecule has 0 radical (unpaired) electrons. The second-order valence-electron chi connectivity index (χ2n) is 7.57. The van der Waals surface area contributed by atoms with Crippen molar-refractivity contribution in [1.82, 2.24) is 9.80 Å². The summed E-state index contributed by atoms with van der Waals surface area (Å²) in [5.74, 6) is 1.93. The highest BCUT2D eigenvalue weighted by Crippen LogP contribution is 2.34. The van der Waals surface area contributed by atoms with Crippen LogP contribution in [0.15, 0.2) is 36.4 Å². The molecule has 0 bridgehead atoms. The van der Waals surface area contributed by atoms with Crippen molar-refractivity contribution in [3.63, 3.8) is 0 Å². The molecule has 2 aromatic carbocycles. The van der Waals surface area contributed by atoms with E-state index in [9.17, 15) is 9.59 Å². The minimum absolute atomic E-state index is 0.0596. The topological polar surface area (TPSA) is 71.6 Å². The molecule has 2 heterocycles. The Balaban J connectivity index is 1.43. The molecule has 8 heteroatoms. The Morgan fingerprint density at radius 2 is 1.58 bits per heavy atom. The fraction of sp³-hybridized carbons (Fsp3) is 0.391. The number of carbonyl (C=O) groups is 2. The summed E-state index contributed by atoms with van der Waals surface area (Å²) in [6.45, 7) is 2.18. The number of benzene rings is 2. The molecule has 0 spiro atoms. The van der Waals surface area contributed by atoms with Crippen molar-refractivity contribution in [3.8, 4) is 17.2 Å². The maximum atomic E-state index is 13.0. The Kier molecular flexibility index (Phi) is 5.88. The molecular weight excluding hydrogens is 398 g/mol. The molecule has 2 aliphatic rings. The zero-order chi connectivity index (χ0) is 22.0. The largest absolute Gasteiger partial charge is 0.495 e. The van der Waals surface area contributed by atoms with E-state index in [1.807, 2.05) is 36.4 Å². The van der Waals surface area contributed by atoms with Crippen LogP contribution >= 0.6 is 0 Å². The number of hydrogen-bond acceptors (Lipinski definition) is 5. The fourth-order valence-corrected chi connectivity index (χ4v) is 4.16. The van der Waals surface area contributed by atoms with Gasteiger partial charge in [0.05, 0.1) is 27.0 Å². The second-order valence-corrected chi connectivity index (χ2v) is 7.57. The number of rotatable bonds is 6. The normalized spacial score (nSPS) is 15.7. The number of methoxy groups -OCH3 is 3. The number of fused-ring (bicyclic) bond motifs is 1. The monoisotopic (exact) mass is 425 g/mol. The molecule has 2 aromatic rings. The van der Waals surface area contributed by atoms with Crippen molar-refractivity contribution in [3.05, 3.63) is 47.5 Å². The van der Waals surface area contributed by atoms with E-state index in [0.29, 0.717) is 43.4 Å². The zero-order valence-corrected chi connectivity index (χ0v) is 18.1. The van der Waals surface area contributed by atoms with Crippen LogP contribution in [0.4, 0.5) is 10.5 Å². The Morgan fingerprint density at radius 1 is 0.903 bits per heavy atom. The van der Waals surface area contributed by atoms with Crippen molar-refractivity contribution in [2.75, 3.05) is 52.4 Å². The van der Waals surface area contributed by atoms with Gasteiger partial charge in [-0.25, -0.2) is 4.79 Å². The lowest BCUT2D eigenvalue weighted by Crippen LogP contribution is -2.44. The van der Waals surface area contributed by atoms with Crippen LogP contribution in [-0.2, 0) is 17.8 Å². The number of carbonyl (C=O) groups excluding carboxylic acids is 2. The third kappa shape index (κ3) is 3.97. The van der Waals surface area contributed by atoms with Gasteiger partial charge in [-0.15, -0.1) is 0 Å². The van der Waals surface area contributed by atoms with E-state index in [1.165, 1.54) is 0 Å². The summed E-state index contributed by atoms with van der Waals surface area (Å²) in [6.07, 6.45) is 0.739. The van der Waals surface area contributed by atoms with Crippen LogP contribution in [0.25, 0.3) is 0 Å². The van der Waals surface area contributed by atoms with Gasteiger partial charge in [0.2, 0.25) is 5.91 Å². The molecule has 31 heavy (non-hydrogen) atoms. The van der Waals surface area contributed by atoms with Crippen molar-refractivity contribution in [2.45, 2.75) is 13.0 Å². The van der Waals surface area contributed by atoms with Crippen LogP contribution in [0.2, 0.25) is 0 Å². The van der Waals surface area contributed by atoms with Crippen LogP contribution < -0.4 is 19.1 Å². The molecule has 0 N–H and O–H groups in total. The van der Waals surface area contributed by atoms with Gasteiger partial charge in [-0.05, 0) is 41.8 Å². The third-order valence-corrected chi connectivity index (χ3v) is 5.87. The van der Waals surface area contributed by atoms with Crippen LogP contribution in [0, 0.1) is 0 Å². The van der Waals surface area contributed by atoms with Gasteiger partial charge in [0.15, 0.2) is 11.5 Å². The SMILES string of the molecule is COc1cc2c(cc1OC)CN(C(=O)CN1CCN(c3ccccc3OC)C1=O)CC2. The van der Waals surface area contributed by atoms with Gasteiger partial charge in [0.25, 0.3) is 0 Å². The highest BCUT2D eigenvalue weighted by atomic mass is 16.5. The Bertz CT molecular complexity index is 993. The summed E-state index contributed by atoms with van der Waals surface area (Å²) in [5, 5.41) is 0. The smallest absolute Gasteiger partial charge is 0.325 e. The quantitative estimate of drug-likeness (QED) is 0.711. The number of ether oxygens (including phenoxy) is 3. The summed E-state index contributed by atoms with van der Waals surface area (Å²) in [6, 6.07) is 11.1. The summed E-state index contributed by atoms with van der Waals surface area (Å²) >= 11 is 0. The molecule has 0 atom stereocenters. The lowest BCUT2D eigenvalue weighted by Gasteiger charge is -2.31. The van der Waals surface area contributed by atoms with Crippen molar-refractivity contribution < 1.29 is 23.8 Å². The molecule has 164 valence electrons.